The minimum Gasteiger partial charge on any atom is -0.487 e. The topological polar surface area (TPSA) is 50.8 Å². The number of rotatable bonds is 3. The van der Waals surface area contributed by atoms with Crippen molar-refractivity contribution in [3.05, 3.63) is 41.2 Å². The summed E-state index contributed by atoms with van der Waals surface area (Å²) in [5.41, 5.74) is 5.18. The Balaban J connectivity index is 2.12. The van der Waals surface area contributed by atoms with Gasteiger partial charge in [0.25, 0.3) is 0 Å². The minimum atomic E-state index is 0.844. The maximum atomic E-state index is 5.42. The van der Waals surface area contributed by atoms with Gasteiger partial charge in [-0.1, -0.05) is 0 Å². The third-order valence-corrected chi connectivity index (χ3v) is 4.24. The van der Waals surface area contributed by atoms with E-state index in [2.05, 4.69) is 22.3 Å². The van der Waals surface area contributed by atoms with Crippen LogP contribution in [0.2, 0.25) is 0 Å². The highest BCUT2D eigenvalue weighted by atomic mass is 32.1. The number of aromatic nitrogens is 3. The molecule has 0 fully saturated rings. The molecule has 0 aliphatic heterocycles. The lowest BCUT2D eigenvalue weighted by Crippen LogP contribution is -1.86. The fraction of sp³-hybridized carbons (Fsp3) is 0.200. The van der Waals surface area contributed by atoms with Gasteiger partial charge in [-0.25, -0.2) is 4.98 Å². The molecule has 0 aliphatic rings. The van der Waals surface area contributed by atoms with Crippen LogP contribution in [0.5, 0.6) is 5.06 Å². The third-order valence-electron chi connectivity index (χ3n) is 3.18. The van der Waals surface area contributed by atoms with Crippen molar-refractivity contribution in [3.8, 4) is 27.7 Å². The Labute approximate surface area is 121 Å². The van der Waals surface area contributed by atoms with Crippen molar-refractivity contribution < 1.29 is 4.74 Å². The maximum absolute atomic E-state index is 5.42. The molecule has 3 rings (SSSR count). The zero-order chi connectivity index (χ0) is 14.1. The second-order valence-electron chi connectivity index (χ2n) is 4.59. The van der Waals surface area contributed by atoms with E-state index in [-0.39, 0.29) is 0 Å². The van der Waals surface area contributed by atoms with Crippen LogP contribution in [0, 0.1) is 13.8 Å². The summed E-state index contributed by atoms with van der Waals surface area (Å²) in [6.45, 7) is 4.09. The van der Waals surface area contributed by atoms with E-state index < -0.39 is 0 Å². The summed E-state index contributed by atoms with van der Waals surface area (Å²) in [4.78, 5) is 12.2. The number of aromatic amines is 1. The van der Waals surface area contributed by atoms with Crippen LogP contribution in [-0.4, -0.2) is 22.1 Å². The SMILES string of the molecule is COc1scc(C)c1-c1nc(-c2cccnc2)c(C)[nH]1. The van der Waals surface area contributed by atoms with Gasteiger partial charge in [-0.05, 0) is 36.9 Å². The van der Waals surface area contributed by atoms with Gasteiger partial charge in [0.05, 0.1) is 18.4 Å². The van der Waals surface area contributed by atoms with Crippen LogP contribution in [-0.2, 0) is 0 Å². The molecule has 102 valence electrons. The van der Waals surface area contributed by atoms with E-state index in [9.17, 15) is 0 Å². The summed E-state index contributed by atoms with van der Waals surface area (Å²) < 4.78 is 5.42. The molecule has 5 heteroatoms. The van der Waals surface area contributed by atoms with Gasteiger partial charge in [0.2, 0.25) is 0 Å². The minimum absolute atomic E-state index is 0.844. The second kappa shape index (κ2) is 5.09. The summed E-state index contributed by atoms with van der Waals surface area (Å²) in [6, 6.07) is 3.93. The summed E-state index contributed by atoms with van der Waals surface area (Å²) in [5, 5.41) is 2.96. The van der Waals surface area contributed by atoms with Gasteiger partial charge in [0.15, 0.2) is 5.06 Å². The second-order valence-corrected chi connectivity index (χ2v) is 5.43. The molecule has 20 heavy (non-hydrogen) atoms. The fourth-order valence-electron chi connectivity index (χ4n) is 2.22. The van der Waals surface area contributed by atoms with E-state index in [0.29, 0.717) is 0 Å². The van der Waals surface area contributed by atoms with Crippen LogP contribution < -0.4 is 4.74 Å². The number of hydrogen-bond acceptors (Lipinski definition) is 4. The maximum Gasteiger partial charge on any atom is 0.184 e. The predicted octanol–water partition coefficient (Wildman–Crippen LogP) is 3.83. The van der Waals surface area contributed by atoms with Crippen molar-refractivity contribution in [1.82, 2.24) is 15.0 Å². The Hall–Kier alpha value is -2.14. The molecule has 0 unspecified atom stereocenters. The molecule has 0 atom stereocenters. The number of aryl methyl sites for hydroxylation is 2. The van der Waals surface area contributed by atoms with Crippen molar-refractivity contribution in [2.24, 2.45) is 0 Å². The van der Waals surface area contributed by atoms with Crippen molar-refractivity contribution in [3.63, 3.8) is 0 Å². The van der Waals surface area contributed by atoms with Crippen LogP contribution in [0.15, 0.2) is 29.9 Å². The average Bonchev–Trinajstić information content (AvgIpc) is 3.02. The number of H-pyrrole nitrogens is 1. The molecule has 0 spiro atoms. The molecule has 0 radical (unpaired) electrons. The third kappa shape index (κ3) is 2.10. The largest absolute Gasteiger partial charge is 0.487 e. The summed E-state index contributed by atoms with van der Waals surface area (Å²) in [7, 11) is 1.69. The molecule has 3 aromatic heterocycles. The van der Waals surface area contributed by atoms with E-state index in [1.54, 1.807) is 24.6 Å². The lowest BCUT2D eigenvalue weighted by atomic mass is 10.2. The normalized spacial score (nSPS) is 10.8. The number of thiophene rings is 1. The van der Waals surface area contributed by atoms with E-state index in [4.69, 9.17) is 9.72 Å². The van der Waals surface area contributed by atoms with E-state index >= 15 is 0 Å². The molecular weight excluding hydrogens is 270 g/mol. The van der Waals surface area contributed by atoms with Gasteiger partial charge < -0.3 is 9.72 Å². The Morgan fingerprint density at radius 2 is 2.15 bits per heavy atom. The first kappa shape index (κ1) is 12.9. The molecule has 3 heterocycles. The van der Waals surface area contributed by atoms with Crippen LogP contribution in [0.1, 0.15) is 11.3 Å². The lowest BCUT2D eigenvalue weighted by molar-refractivity contribution is 0.428. The Morgan fingerprint density at radius 3 is 2.85 bits per heavy atom. The molecule has 0 saturated heterocycles. The zero-order valence-electron chi connectivity index (χ0n) is 11.6. The van der Waals surface area contributed by atoms with E-state index in [0.717, 1.165) is 33.4 Å². The Morgan fingerprint density at radius 1 is 1.30 bits per heavy atom. The van der Waals surface area contributed by atoms with Gasteiger partial charge in [-0.15, -0.1) is 11.3 Å². The number of hydrogen-bond donors (Lipinski definition) is 1. The summed E-state index contributed by atoms with van der Waals surface area (Å²) >= 11 is 1.59. The fourth-order valence-corrected chi connectivity index (χ4v) is 3.09. The van der Waals surface area contributed by atoms with Gasteiger partial charge >= 0.3 is 0 Å². The monoisotopic (exact) mass is 285 g/mol. The molecule has 3 aromatic rings. The molecule has 1 N–H and O–H groups in total. The highest BCUT2D eigenvalue weighted by molar-refractivity contribution is 7.12. The van der Waals surface area contributed by atoms with Crippen LogP contribution in [0.4, 0.5) is 0 Å². The van der Waals surface area contributed by atoms with Crippen molar-refractivity contribution in [1.29, 1.82) is 0 Å². The molecule has 0 bridgehead atoms. The number of pyridine rings is 1. The standard InChI is InChI=1S/C15H15N3OS/c1-9-8-20-15(19-3)12(9)14-17-10(2)13(18-14)11-5-4-6-16-7-11/h4-8H,1-3H3,(H,17,18). The highest BCUT2D eigenvalue weighted by Crippen LogP contribution is 2.38. The smallest absolute Gasteiger partial charge is 0.184 e. The number of methoxy groups -OCH3 is 1. The first-order chi connectivity index (χ1) is 9.70. The quantitative estimate of drug-likeness (QED) is 0.795. The van der Waals surface area contributed by atoms with E-state index in [1.807, 2.05) is 25.3 Å². The molecule has 0 saturated carbocycles. The lowest BCUT2D eigenvalue weighted by Gasteiger charge is -2.00. The molecule has 0 aliphatic carbocycles. The van der Waals surface area contributed by atoms with Crippen LogP contribution in [0.3, 0.4) is 0 Å². The van der Waals surface area contributed by atoms with E-state index in [1.165, 1.54) is 5.56 Å². The predicted molar refractivity (Wildman–Crippen MR) is 81.2 cm³/mol. The van der Waals surface area contributed by atoms with Gasteiger partial charge in [0.1, 0.15) is 5.82 Å². The summed E-state index contributed by atoms with van der Waals surface area (Å²) in [5.74, 6) is 0.844. The zero-order valence-corrected chi connectivity index (χ0v) is 12.4. The molecule has 4 nitrogen and oxygen atoms in total. The van der Waals surface area contributed by atoms with Gasteiger partial charge in [-0.3, -0.25) is 4.98 Å². The molecule has 0 amide bonds. The Kier molecular flexibility index (Phi) is 3.28. The number of ether oxygens (including phenoxy) is 1. The van der Waals surface area contributed by atoms with Crippen molar-refractivity contribution >= 4 is 11.3 Å². The summed E-state index contributed by atoms with van der Waals surface area (Å²) in [6.07, 6.45) is 3.59. The number of imidazole rings is 1. The Bertz CT molecular complexity index is 731. The van der Waals surface area contributed by atoms with Crippen molar-refractivity contribution in [2.75, 3.05) is 7.11 Å². The van der Waals surface area contributed by atoms with Gasteiger partial charge in [-0.2, -0.15) is 0 Å². The average molecular weight is 285 g/mol. The first-order valence-electron chi connectivity index (χ1n) is 6.30. The van der Waals surface area contributed by atoms with Crippen LogP contribution >= 0.6 is 11.3 Å². The van der Waals surface area contributed by atoms with Crippen molar-refractivity contribution in [2.45, 2.75) is 13.8 Å². The molecule has 0 aromatic carbocycles. The molecular formula is C15H15N3OS. The van der Waals surface area contributed by atoms with Crippen LogP contribution in [0.25, 0.3) is 22.6 Å². The van der Waals surface area contributed by atoms with Gasteiger partial charge in [0, 0.05) is 23.7 Å². The number of nitrogens with zero attached hydrogens (tertiary/aromatic N) is 2. The number of nitrogens with one attached hydrogen (secondary N) is 1. The highest BCUT2D eigenvalue weighted by Gasteiger charge is 2.17. The first-order valence-corrected chi connectivity index (χ1v) is 7.18.